The first-order chi connectivity index (χ1) is 7.89. The second-order valence-corrected chi connectivity index (χ2v) is 6.54. The first-order valence-corrected chi connectivity index (χ1v) is 7.25. The fraction of sp³-hybridized carbons (Fsp3) is 0.364. The lowest BCUT2D eigenvalue weighted by atomic mass is 10.1. The molecule has 0 spiro atoms. The van der Waals surface area contributed by atoms with E-state index < -0.39 is 15.4 Å². The third-order valence-corrected chi connectivity index (χ3v) is 4.43. The first kappa shape index (κ1) is 12.3. The predicted molar refractivity (Wildman–Crippen MR) is 63.6 cm³/mol. The van der Waals surface area contributed by atoms with Crippen molar-refractivity contribution in [3.05, 3.63) is 28.8 Å². The van der Waals surface area contributed by atoms with Gasteiger partial charge in [-0.05, 0) is 30.5 Å². The average Bonchev–Trinajstić information content (AvgIpc) is 2.97. The van der Waals surface area contributed by atoms with Crippen molar-refractivity contribution >= 4 is 27.5 Å². The molecule has 1 aromatic carbocycles. The van der Waals surface area contributed by atoms with Gasteiger partial charge in [0.25, 0.3) is 0 Å². The van der Waals surface area contributed by atoms with Crippen LogP contribution in [0, 0.1) is 0 Å². The predicted octanol–water partition coefficient (Wildman–Crippen LogP) is 2.07. The van der Waals surface area contributed by atoms with Crippen LogP contribution in [0.5, 0.6) is 0 Å². The van der Waals surface area contributed by atoms with Crippen LogP contribution in [0.15, 0.2) is 28.1 Å². The number of isocyanates is 1. The summed E-state index contributed by atoms with van der Waals surface area (Å²) < 4.78 is 22.8. The molecule has 0 amide bonds. The second kappa shape index (κ2) is 3.95. The molecule has 0 atom stereocenters. The number of benzene rings is 1. The molecule has 17 heavy (non-hydrogen) atoms. The minimum Gasteiger partial charge on any atom is -0.224 e. The lowest BCUT2D eigenvalue weighted by molar-refractivity contribution is 0.556. The van der Waals surface area contributed by atoms with Crippen LogP contribution in [0.25, 0.3) is 0 Å². The monoisotopic (exact) mass is 271 g/mol. The van der Waals surface area contributed by atoms with Crippen LogP contribution in [-0.4, -0.2) is 20.8 Å². The van der Waals surface area contributed by atoms with Crippen molar-refractivity contribution in [3.8, 4) is 0 Å². The third-order valence-electron chi connectivity index (χ3n) is 2.85. The summed E-state index contributed by atoms with van der Waals surface area (Å²) in [6.07, 6.45) is 4.17. The van der Waals surface area contributed by atoms with E-state index in [9.17, 15) is 13.2 Å². The van der Waals surface area contributed by atoms with Gasteiger partial charge in [0.2, 0.25) is 6.08 Å². The molecule has 0 saturated heterocycles. The topological polar surface area (TPSA) is 63.6 Å². The molecule has 1 aromatic rings. The van der Waals surface area contributed by atoms with E-state index in [0.29, 0.717) is 0 Å². The van der Waals surface area contributed by atoms with Gasteiger partial charge < -0.3 is 0 Å². The van der Waals surface area contributed by atoms with Gasteiger partial charge in [0, 0.05) is 6.26 Å². The van der Waals surface area contributed by atoms with Crippen molar-refractivity contribution in [2.45, 2.75) is 23.3 Å². The van der Waals surface area contributed by atoms with Crippen LogP contribution >= 0.6 is 11.6 Å². The summed E-state index contributed by atoms with van der Waals surface area (Å²) in [5, 5.41) is 0.164. The van der Waals surface area contributed by atoms with Crippen molar-refractivity contribution in [3.63, 3.8) is 0 Å². The number of hydrogen-bond acceptors (Lipinski definition) is 4. The molecule has 0 unspecified atom stereocenters. The van der Waals surface area contributed by atoms with Gasteiger partial charge in [0.1, 0.15) is 0 Å². The molecule has 90 valence electrons. The molecule has 1 fully saturated rings. The summed E-state index contributed by atoms with van der Waals surface area (Å²) in [5.74, 6) is 0. The van der Waals surface area contributed by atoms with E-state index in [-0.39, 0.29) is 9.92 Å². The van der Waals surface area contributed by atoms with Crippen LogP contribution in [0.1, 0.15) is 18.4 Å². The van der Waals surface area contributed by atoms with E-state index in [1.807, 2.05) is 0 Å². The maximum absolute atomic E-state index is 11.4. The quantitative estimate of drug-likeness (QED) is 0.624. The molecule has 0 aliphatic heterocycles. The number of rotatable bonds is 3. The largest absolute Gasteiger partial charge is 0.235 e. The zero-order valence-corrected chi connectivity index (χ0v) is 10.7. The van der Waals surface area contributed by atoms with Gasteiger partial charge in [-0.3, -0.25) is 0 Å². The van der Waals surface area contributed by atoms with Gasteiger partial charge in [-0.1, -0.05) is 17.7 Å². The number of hydrogen-bond donors (Lipinski definition) is 0. The van der Waals surface area contributed by atoms with Crippen LogP contribution in [0.2, 0.25) is 5.02 Å². The summed E-state index contributed by atoms with van der Waals surface area (Å²) in [7, 11) is -3.33. The van der Waals surface area contributed by atoms with Gasteiger partial charge in [0.05, 0.1) is 15.5 Å². The Bertz CT molecular complexity index is 614. The van der Waals surface area contributed by atoms with Crippen LogP contribution < -0.4 is 0 Å². The van der Waals surface area contributed by atoms with E-state index in [1.54, 1.807) is 18.2 Å². The second-order valence-electron chi connectivity index (χ2n) is 4.15. The maximum Gasteiger partial charge on any atom is 0.235 e. The summed E-state index contributed by atoms with van der Waals surface area (Å²) in [4.78, 5) is 14.2. The summed E-state index contributed by atoms with van der Waals surface area (Å²) in [6, 6.07) is 4.66. The molecule has 0 aromatic heterocycles. The van der Waals surface area contributed by atoms with E-state index in [2.05, 4.69) is 4.99 Å². The Morgan fingerprint density at radius 3 is 2.47 bits per heavy atom. The molecule has 1 aliphatic carbocycles. The number of nitrogens with zero attached hydrogens (tertiary/aromatic N) is 1. The lowest BCUT2D eigenvalue weighted by Crippen LogP contribution is -2.04. The highest BCUT2D eigenvalue weighted by molar-refractivity contribution is 7.90. The van der Waals surface area contributed by atoms with E-state index in [0.717, 1.165) is 24.7 Å². The van der Waals surface area contributed by atoms with Gasteiger partial charge in [0.15, 0.2) is 9.84 Å². The van der Waals surface area contributed by atoms with Crippen LogP contribution in [-0.2, 0) is 20.2 Å². The molecule has 1 aliphatic rings. The minimum absolute atomic E-state index is 0.0915. The highest BCUT2D eigenvalue weighted by Gasteiger charge is 2.45. The number of sulfone groups is 1. The van der Waals surface area contributed by atoms with Gasteiger partial charge in [-0.15, -0.1) is 0 Å². The molecule has 0 radical (unpaired) electrons. The molecule has 0 N–H and O–H groups in total. The Kier molecular flexibility index (Phi) is 2.86. The Hall–Kier alpha value is -1.16. The Balaban J connectivity index is 2.49. The number of carbonyl (C=O) groups excluding carboxylic acids is 1. The van der Waals surface area contributed by atoms with E-state index in [1.165, 1.54) is 6.07 Å². The smallest absolute Gasteiger partial charge is 0.224 e. The average molecular weight is 272 g/mol. The molecule has 1 saturated carbocycles. The summed E-state index contributed by atoms with van der Waals surface area (Å²) in [5.41, 5.74) is 0.236. The molecular weight excluding hydrogens is 262 g/mol. The van der Waals surface area contributed by atoms with Crippen molar-refractivity contribution < 1.29 is 13.2 Å². The molecular formula is C11H10ClNO3S. The van der Waals surface area contributed by atoms with Crippen molar-refractivity contribution in [1.29, 1.82) is 0 Å². The van der Waals surface area contributed by atoms with Gasteiger partial charge >= 0.3 is 0 Å². The van der Waals surface area contributed by atoms with E-state index >= 15 is 0 Å². The normalized spacial score (nSPS) is 17.3. The SMILES string of the molecule is CS(=O)(=O)c1ccc(C2(N=C=O)CC2)cc1Cl. The Labute approximate surface area is 104 Å². The van der Waals surface area contributed by atoms with Crippen LogP contribution in [0.3, 0.4) is 0 Å². The van der Waals surface area contributed by atoms with Crippen molar-refractivity contribution in [2.24, 2.45) is 4.99 Å². The molecule has 0 bridgehead atoms. The highest BCUT2D eigenvalue weighted by atomic mass is 35.5. The minimum atomic E-state index is -3.33. The van der Waals surface area contributed by atoms with Gasteiger partial charge in [-0.25, -0.2) is 13.2 Å². The summed E-state index contributed by atoms with van der Waals surface area (Å²) in [6.45, 7) is 0. The Morgan fingerprint density at radius 1 is 1.41 bits per heavy atom. The molecule has 2 rings (SSSR count). The standard InChI is InChI=1S/C11H10ClNO3S/c1-17(15,16)10-3-2-8(6-9(10)12)11(4-5-11)13-7-14/h2-3,6H,4-5H2,1H3. The summed E-state index contributed by atoms with van der Waals surface area (Å²) >= 11 is 5.93. The molecule has 4 nitrogen and oxygen atoms in total. The fourth-order valence-electron chi connectivity index (χ4n) is 1.76. The van der Waals surface area contributed by atoms with Crippen molar-refractivity contribution in [2.75, 3.05) is 6.26 Å². The lowest BCUT2D eigenvalue weighted by Gasteiger charge is -2.10. The zero-order valence-electron chi connectivity index (χ0n) is 9.10. The Morgan fingerprint density at radius 2 is 2.06 bits per heavy atom. The first-order valence-electron chi connectivity index (χ1n) is 4.98. The van der Waals surface area contributed by atoms with Gasteiger partial charge in [-0.2, -0.15) is 4.99 Å². The third kappa shape index (κ3) is 2.27. The van der Waals surface area contributed by atoms with Crippen molar-refractivity contribution in [1.82, 2.24) is 0 Å². The zero-order chi connectivity index (χ0) is 12.7. The van der Waals surface area contributed by atoms with E-state index in [4.69, 9.17) is 11.6 Å². The number of aliphatic imine (C=N–C) groups is 1. The fourth-order valence-corrected chi connectivity index (χ4v) is 3.09. The molecule has 6 heteroatoms. The molecule has 0 heterocycles. The number of halogens is 1. The highest BCUT2D eigenvalue weighted by Crippen LogP contribution is 2.49. The maximum atomic E-state index is 11.4. The van der Waals surface area contributed by atoms with Crippen LogP contribution in [0.4, 0.5) is 0 Å².